The lowest BCUT2D eigenvalue weighted by Crippen LogP contribution is -2.43. The minimum absolute atomic E-state index is 0.0191. The Kier molecular flexibility index (Phi) is 5.43. The van der Waals surface area contributed by atoms with Crippen LogP contribution in [0.1, 0.15) is 31.2 Å². The Hall–Kier alpha value is -2.68. The Morgan fingerprint density at radius 1 is 1.29 bits per heavy atom. The molecule has 9 heteroatoms. The molecule has 0 spiro atoms. The van der Waals surface area contributed by atoms with Gasteiger partial charge in [0, 0.05) is 26.1 Å². The average molecular weight is 401 g/mol. The zero-order chi connectivity index (χ0) is 19.5. The van der Waals surface area contributed by atoms with Crippen molar-refractivity contribution in [2.24, 2.45) is 0 Å². The summed E-state index contributed by atoms with van der Waals surface area (Å²) in [7, 11) is 1.63. The Labute approximate surface area is 167 Å². The lowest BCUT2D eigenvalue weighted by atomic mass is 10.2. The number of aromatic nitrogens is 2. The second kappa shape index (κ2) is 8.14. The molecule has 2 aliphatic heterocycles. The van der Waals surface area contributed by atoms with Crippen LogP contribution >= 0.6 is 11.3 Å². The smallest absolute Gasteiger partial charge is 0.243 e. The minimum atomic E-state index is -0.263. The van der Waals surface area contributed by atoms with Crippen LogP contribution in [0.4, 0.5) is 10.3 Å². The number of nitrogens with zero attached hydrogens (tertiary/aromatic N) is 4. The Morgan fingerprint density at radius 3 is 2.93 bits per heavy atom. The van der Waals surface area contributed by atoms with Gasteiger partial charge in [-0.15, -0.1) is 10.2 Å². The Bertz CT molecular complexity index is 871. The molecule has 2 aromatic rings. The van der Waals surface area contributed by atoms with Gasteiger partial charge in [-0.05, 0) is 37.0 Å². The summed E-state index contributed by atoms with van der Waals surface area (Å²) in [6, 6.07) is 7.39. The van der Waals surface area contributed by atoms with Crippen LogP contribution in [0.3, 0.4) is 0 Å². The fraction of sp³-hybridized carbons (Fsp3) is 0.474. The highest BCUT2D eigenvalue weighted by Crippen LogP contribution is 2.33. The molecule has 2 aliphatic rings. The van der Waals surface area contributed by atoms with Crippen LogP contribution in [0, 0.1) is 0 Å². The van der Waals surface area contributed by atoms with Gasteiger partial charge in [-0.1, -0.05) is 23.5 Å². The van der Waals surface area contributed by atoms with Crippen LogP contribution < -0.4 is 19.9 Å². The number of benzene rings is 1. The largest absolute Gasteiger partial charge is 0.497 e. The van der Waals surface area contributed by atoms with Gasteiger partial charge in [0.1, 0.15) is 11.8 Å². The van der Waals surface area contributed by atoms with Gasteiger partial charge in [-0.25, -0.2) is 0 Å². The van der Waals surface area contributed by atoms with Gasteiger partial charge >= 0.3 is 0 Å². The van der Waals surface area contributed by atoms with Crippen molar-refractivity contribution in [3.8, 4) is 5.75 Å². The molecule has 2 fully saturated rings. The van der Waals surface area contributed by atoms with E-state index in [1.807, 2.05) is 29.2 Å². The van der Waals surface area contributed by atoms with Crippen molar-refractivity contribution in [2.75, 3.05) is 30.0 Å². The number of amides is 2. The molecule has 1 aromatic heterocycles. The monoisotopic (exact) mass is 401 g/mol. The molecular weight excluding hydrogens is 378 g/mol. The van der Waals surface area contributed by atoms with E-state index in [1.165, 1.54) is 11.3 Å². The highest BCUT2D eigenvalue weighted by atomic mass is 32.1. The fourth-order valence-electron chi connectivity index (χ4n) is 3.64. The summed E-state index contributed by atoms with van der Waals surface area (Å²) in [5, 5.41) is 12.8. The number of nitrogens with one attached hydrogen (secondary N) is 1. The van der Waals surface area contributed by atoms with E-state index in [0.717, 1.165) is 37.1 Å². The van der Waals surface area contributed by atoms with E-state index in [2.05, 4.69) is 15.5 Å². The molecular formula is C19H23N5O3S. The first-order chi connectivity index (χ1) is 13.7. The number of hydrogen-bond acceptors (Lipinski definition) is 7. The topological polar surface area (TPSA) is 87.7 Å². The van der Waals surface area contributed by atoms with Crippen molar-refractivity contribution in [1.82, 2.24) is 15.5 Å². The molecule has 0 saturated carbocycles. The van der Waals surface area contributed by atoms with Crippen molar-refractivity contribution in [1.29, 1.82) is 0 Å². The summed E-state index contributed by atoms with van der Waals surface area (Å²) in [6.07, 6.45) is 3.12. The van der Waals surface area contributed by atoms with Gasteiger partial charge in [0.15, 0.2) is 0 Å². The predicted molar refractivity (Wildman–Crippen MR) is 107 cm³/mol. The van der Waals surface area contributed by atoms with Crippen LogP contribution in [-0.4, -0.2) is 48.3 Å². The SMILES string of the molecule is COc1cccc(CNC(=O)[C@@H]2CCCN2c2nnc(N3CCCC3=O)s2)c1. The second-order valence-corrected chi connectivity index (χ2v) is 7.87. The van der Waals surface area contributed by atoms with Crippen molar-refractivity contribution in [2.45, 2.75) is 38.3 Å². The summed E-state index contributed by atoms with van der Waals surface area (Å²) < 4.78 is 5.23. The lowest BCUT2D eigenvalue weighted by Gasteiger charge is -2.22. The third-order valence-electron chi connectivity index (χ3n) is 5.11. The third kappa shape index (κ3) is 3.80. The van der Waals surface area contributed by atoms with Crippen molar-refractivity contribution in [3.05, 3.63) is 29.8 Å². The van der Waals surface area contributed by atoms with E-state index >= 15 is 0 Å². The van der Waals surface area contributed by atoms with Crippen LogP contribution in [0.15, 0.2) is 24.3 Å². The molecule has 1 aromatic carbocycles. The molecule has 1 atom stereocenters. The zero-order valence-electron chi connectivity index (χ0n) is 15.8. The van der Waals surface area contributed by atoms with Gasteiger partial charge < -0.3 is 15.0 Å². The number of anilines is 2. The molecule has 0 unspecified atom stereocenters. The maximum absolute atomic E-state index is 12.8. The quantitative estimate of drug-likeness (QED) is 0.796. The van der Waals surface area contributed by atoms with Crippen molar-refractivity contribution >= 4 is 33.4 Å². The second-order valence-electron chi connectivity index (χ2n) is 6.94. The van der Waals surface area contributed by atoms with E-state index in [0.29, 0.717) is 29.8 Å². The first kappa shape index (κ1) is 18.7. The highest BCUT2D eigenvalue weighted by Gasteiger charge is 2.34. The van der Waals surface area contributed by atoms with Crippen LogP contribution in [0.2, 0.25) is 0 Å². The van der Waals surface area contributed by atoms with Gasteiger partial charge in [-0.3, -0.25) is 14.5 Å². The molecule has 3 heterocycles. The van der Waals surface area contributed by atoms with Gasteiger partial charge in [0.2, 0.25) is 22.1 Å². The summed E-state index contributed by atoms with van der Waals surface area (Å²) in [6.45, 7) is 1.90. The van der Waals surface area contributed by atoms with Gasteiger partial charge in [-0.2, -0.15) is 0 Å². The average Bonchev–Trinajstić information content (AvgIpc) is 3.45. The van der Waals surface area contributed by atoms with Crippen LogP contribution in [0.5, 0.6) is 5.75 Å². The normalized spacial score (nSPS) is 19.3. The first-order valence-corrected chi connectivity index (χ1v) is 10.3. The van der Waals surface area contributed by atoms with Gasteiger partial charge in [0.05, 0.1) is 7.11 Å². The van der Waals surface area contributed by atoms with E-state index in [-0.39, 0.29) is 17.9 Å². The Morgan fingerprint density at radius 2 is 2.14 bits per heavy atom. The molecule has 2 amide bonds. The van der Waals surface area contributed by atoms with Crippen LogP contribution in [-0.2, 0) is 16.1 Å². The molecule has 148 valence electrons. The zero-order valence-corrected chi connectivity index (χ0v) is 16.6. The molecule has 1 N–H and O–H groups in total. The summed E-state index contributed by atoms with van der Waals surface area (Å²) in [5.41, 5.74) is 0.989. The first-order valence-electron chi connectivity index (χ1n) is 9.47. The predicted octanol–water partition coefficient (Wildman–Crippen LogP) is 1.96. The van der Waals surface area contributed by atoms with E-state index in [4.69, 9.17) is 4.74 Å². The number of hydrogen-bond donors (Lipinski definition) is 1. The molecule has 0 radical (unpaired) electrons. The van der Waals surface area contributed by atoms with E-state index in [1.54, 1.807) is 12.0 Å². The van der Waals surface area contributed by atoms with Crippen molar-refractivity contribution < 1.29 is 14.3 Å². The maximum Gasteiger partial charge on any atom is 0.243 e. The minimum Gasteiger partial charge on any atom is -0.497 e. The number of carbonyl (C=O) groups is 2. The van der Waals surface area contributed by atoms with Crippen molar-refractivity contribution in [3.63, 3.8) is 0 Å². The number of ether oxygens (including phenoxy) is 1. The number of methoxy groups -OCH3 is 1. The Balaban J connectivity index is 1.41. The highest BCUT2D eigenvalue weighted by molar-refractivity contribution is 7.19. The molecule has 0 bridgehead atoms. The number of carbonyl (C=O) groups excluding carboxylic acids is 2. The molecule has 28 heavy (non-hydrogen) atoms. The maximum atomic E-state index is 12.8. The molecule has 8 nitrogen and oxygen atoms in total. The standard InChI is InChI=1S/C19H23N5O3S/c1-27-14-6-2-5-13(11-14)12-20-17(26)15-7-3-9-23(15)18-21-22-19(28-18)24-10-4-8-16(24)25/h2,5-6,11,15H,3-4,7-10,12H2,1H3,(H,20,26)/t15-/m0/s1. The van der Waals surface area contributed by atoms with Gasteiger partial charge in [0.25, 0.3) is 0 Å². The van der Waals surface area contributed by atoms with E-state index < -0.39 is 0 Å². The third-order valence-corrected chi connectivity index (χ3v) is 6.09. The lowest BCUT2D eigenvalue weighted by molar-refractivity contribution is -0.122. The summed E-state index contributed by atoms with van der Waals surface area (Å²) in [5.74, 6) is 0.845. The number of rotatable bonds is 6. The summed E-state index contributed by atoms with van der Waals surface area (Å²) >= 11 is 1.38. The molecule has 0 aliphatic carbocycles. The fourth-order valence-corrected chi connectivity index (χ4v) is 4.61. The molecule has 4 rings (SSSR count). The van der Waals surface area contributed by atoms with Crippen LogP contribution in [0.25, 0.3) is 0 Å². The van der Waals surface area contributed by atoms with E-state index in [9.17, 15) is 9.59 Å². The molecule has 2 saturated heterocycles. The summed E-state index contributed by atoms with van der Waals surface area (Å²) in [4.78, 5) is 28.4.